The number of halogens is 2. The summed E-state index contributed by atoms with van der Waals surface area (Å²) in [6, 6.07) is 11.5. The molecule has 1 aliphatic rings. The summed E-state index contributed by atoms with van der Waals surface area (Å²) < 4.78 is 6.79. The van der Waals surface area contributed by atoms with Gasteiger partial charge in [0.2, 0.25) is 0 Å². The maximum absolute atomic E-state index is 12.5. The maximum Gasteiger partial charge on any atom is 0.324 e. The number of hydrogen-bond acceptors (Lipinski definition) is 3. The minimum atomic E-state index is 0.0603. The second-order valence-electron chi connectivity index (χ2n) is 6.83. The fraction of sp³-hybridized carbons (Fsp3) is 0.429. The molecule has 1 saturated heterocycles. The second-order valence-corrected chi connectivity index (χ2v) is 8.13. The Morgan fingerprint density at radius 2 is 1.79 bits per heavy atom. The lowest BCUT2D eigenvalue weighted by Crippen LogP contribution is -2.32. The van der Waals surface area contributed by atoms with Gasteiger partial charge in [-0.15, -0.1) is 0 Å². The largest absolute Gasteiger partial charge is 0.494 e. The Hall–Kier alpha value is -1.79. The summed E-state index contributed by atoms with van der Waals surface area (Å²) in [5, 5.41) is 0.410. The van der Waals surface area contributed by atoms with Gasteiger partial charge in [0.05, 0.1) is 12.3 Å². The molecule has 2 aromatic rings. The Balaban J connectivity index is 1.26. The van der Waals surface area contributed by atoms with Gasteiger partial charge in [-0.1, -0.05) is 46.8 Å². The number of anilines is 1. The number of rotatable bonds is 10. The van der Waals surface area contributed by atoms with Crippen molar-refractivity contribution in [3.8, 4) is 5.75 Å². The van der Waals surface area contributed by atoms with Crippen molar-refractivity contribution in [3.05, 3.63) is 52.2 Å². The lowest BCUT2D eigenvalue weighted by Gasteiger charge is -2.18. The number of ether oxygens (including phenoxy) is 1. The first-order valence-corrected chi connectivity index (χ1v) is 10.9. The number of aromatic nitrogens is 1. The van der Waals surface area contributed by atoms with Gasteiger partial charge in [0.25, 0.3) is 0 Å². The van der Waals surface area contributed by atoms with Gasteiger partial charge in [0.15, 0.2) is 0 Å². The van der Waals surface area contributed by atoms with E-state index in [0.717, 1.165) is 67.7 Å². The molecule has 1 aromatic carbocycles. The van der Waals surface area contributed by atoms with E-state index in [1.165, 1.54) is 0 Å². The Kier molecular flexibility index (Phi) is 7.98. The highest BCUT2D eigenvalue weighted by atomic mass is 79.9. The summed E-state index contributed by atoms with van der Waals surface area (Å²) in [5.41, 5.74) is 0.818. The lowest BCUT2D eigenvalue weighted by atomic mass is 10.1. The average molecular weight is 467 g/mol. The zero-order chi connectivity index (χ0) is 19.8. The molecule has 1 aliphatic heterocycles. The van der Waals surface area contributed by atoms with E-state index < -0.39 is 0 Å². The maximum atomic E-state index is 12.5. The van der Waals surface area contributed by atoms with Gasteiger partial charge in [-0.25, -0.2) is 9.78 Å². The molecule has 0 unspecified atom stereocenters. The first-order chi connectivity index (χ1) is 13.6. The van der Waals surface area contributed by atoms with E-state index >= 15 is 0 Å². The van der Waals surface area contributed by atoms with Gasteiger partial charge in [-0.3, -0.25) is 4.90 Å². The topological polar surface area (TPSA) is 45.7 Å². The van der Waals surface area contributed by atoms with Crippen LogP contribution in [0.25, 0.3) is 0 Å². The van der Waals surface area contributed by atoms with Crippen LogP contribution >= 0.6 is 27.5 Å². The van der Waals surface area contributed by atoms with Crippen molar-refractivity contribution in [2.45, 2.75) is 32.1 Å². The van der Waals surface area contributed by atoms with Crippen molar-refractivity contribution in [1.82, 2.24) is 9.88 Å². The van der Waals surface area contributed by atoms with Crippen LogP contribution < -0.4 is 9.64 Å². The van der Waals surface area contributed by atoms with E-state index in [1.807, 2.05) is 35.2 Å². The summed E-state index contributed by atoms with van der Waals surface area (Å²) in [4.78, 5) is 20.2. The molecule has 0 saturated carbocycles. The van der Waals surface area contributed by atoms with Crippen LogP contribution in [0.3, 0.4) is 0 Å². The van der Waals surface area contributed by atoms with Gasteiger partial charge in [0, 0.05) is 30.3 Å². The number of amides is 2. The molecule has 0 bridgehead atoms. The highest BCUT2D eigenvalue weighted by Gasteiger charge is 2.29. The van der Waals surface area contributed by atoms with Crippen molar-refractivity contribution in [2.75, 3.05) is 31.1 Å². The fourth-order valence-electron chi connectivity index (χ4n) is 3.25. The van der Waals surface area contributed by atoms with Crippen LogP contribution in [0.5, 0.6) is 5.75 Å². The van der Waals surface area contributed by atoms with Gasteiger partial charge < -0.3 is 9.64 Å². The summed E-state index contributed by atoms with van der Waals surface area (Å²) in [7, 11) is 0. The van der Waals surface area contributed by atoms with Gasteiger partial charge in [-0.2, -0.15) is 0 Å². The number of pyridine rings is 1. The molecule has 0 aliphatic carbocycles. The molecular weight excluding hydrogens is 442 g/mol. The van der Waals surface area contributed by atoms with Crippen LogP contribution in [0.1, 0.15) is 32.1 Å². The summed E-state index contributed by atoms with van der Waals surface area (Å²) in [6.45, 7) is 3.02. The van der Waals surface area contributed by atoms with Crippen LogP contribution in [-0.4, -0.2) is 42.2 Å². The number of benzene rings is 1. The predicted octanol–water partition coefficient (Wildman–Crippen LogP) is 5.77. The van der Waals surface area contributed by atoms with E-state index in [1.54, 1.807) is 17.2 Å². The average Bonchev–Trinajstić information content (AvgIpc) is 3.06. The van der Waals surface area contributed by atoms with Crippen LogP contribution in [0.4, 0.5) is 10.5 Å². The molecule has 0 N–H and O–H groups in total. The molecule has 1 aromatic heterocycles. The van der Waals surface area contributed by atoms with E-state index in [2.05, 4.69) is 20.9 Å². The Morgan fingerprint density at radius 3 is 2.57 bits per heavy atom. The quantitative estimate of drug-likeness (QED) is 0.330. The normalized spacial score (nSPS) is 14.0. The summed E-state index contributed by atoms with van der Waals surface area (Å²) >= 11 is 9.35. The van der Waals surface area contributed by atoms with E-state index in [-0.39, 0.29) is 6.03 Å². The molecule has 3 rings (SSSR count). The first-order valence-electron chi connectivity index (χ1n) is 9.70. The van der Waals surface area contributed by atoms with Gasteiger partial charge >= 0.3 is 6.03 Å². The van der Waals surface area contributed by atoms with Gasteiger partial charge in [0.1, 0.15) is 10.9 Å². The molecule has 28 heavy (non-hydrogen) atoms. The predicted molar refractivity (Wildman–Crippen MR) is 116 cm³/mol. The van der Waals surface area contributed by atoms with Gasteiger partial charge in [-0.05, 0) is 49.2 Å². The molecule has 2 heterocycles. The molecule has 1 fully saturated rings. The molecule has 7 heteroatoms. The molecular formula is C21H25BrClN3O2. The molecule has 0 atom stereocenters. The second kappa shape index (κ2) is 10.7. The highest BCUT2D eigenvalue weighted by Crippen LogP contribution is 2.22. The summed E-state index contributed by atoms with van der Waals surface area (Å²) in [5.74, 6) is 0.913. The number of urea groups is 1. The number of carbonyl (C=O) groups excluding carboxylic acids is 1. The number of nitrogens with zero attached hydrogens (tertiary/aromatic N) is 3. The minimum Gasteiger partial charge on any atom is -0.494 e. The van der Waals surface area contributed by atoms with Crippen molar-refractivity contribution < 1.29 is 9.53 Å². The molecule has 0 spiro atoms. The van der Waals surface area contributed by atoms with E-state index in [0.29, 0.717) is 11.7 Å². The van der Waals surface area contributed by atoms with Crippen LogP contribution in [0.2, 0.25) is 5.15 Å². The van der Waals surface area contributed by atoms with E-state index in [4.69, 9.17) is 16.3 Å². The summed E-state index contributed by atoms with van der Waals surface area (Å²) in [6.07, 6.45) is 7.15. The molecule has 2 amide bonds. The minimum absolute atomic E-state index is 0.0603. The van der Waals surface area contributed by atoms with Crippen LogP contribution in [-0.2, 0) is 0 Å². The Labute approximate surface area is 179 Å². The zero-order valence-electron chi connectivity index (χ0n) is 15.8. The van der Waals surface area contributed by atoms with E-state index in [9.17, 15) is 4.79 Å². The molecule has 5 nitrogen and oxygen atoms in total. The lowest BCUT2D eigenvalue weighted by molar-refractivity contribution is 0.219. The third-order valence-corrected chi connectivity index (χ3v) is 5.51. The zero-order valence-corrected chi connectivity index (χ0v) is 18.2. The standard InChI is InChI=1S/C21H25BrClN3O2/c22-17-6-8-19(9-7-17)28-15-5-3-1-2-4-12-25-13-14-26(21(25)27)18-10-11-24-20(23)16-18/h6-11,16H,1-5,12-15H2. The number of carbonyl (C=O) groups is 1. The first kappa shape index (κ1) is 20.9. The van der Waals surface area contributed by atoms with Crippen molar-refractivity contribution in [3.63, 3.8) is 0 Å². The Bertz CT molecular complexity index is 773. The van der Waals surface area contributed by atoms with Crippen molar-refractivity contribution in [2.24, 2.45) is 0 Å². The molecule has 0 radical (unpaired) electrons. The third-order valence-electron chi connectivity index (χ3n) is 4.77. The van der Waals surface area contributed by atoms with Crippen molar-refractivity contribution in [1.29, 1.82) is 0 Å². The Morgan fingerprint density at radius 1 is 1.04 bits per heavy atom. The monoisotopic (exact) mass is 465 g/mol. The number of unbranched alkanes of at least 4 members (excludes halogenated alkanes) is 4. The fourth-order valence-corrected chi connectivity index (χ4v) is 3.68. The number of hydrogen-bond donors (Lipinski definition) is 0. The van der Waals surface area contributed by atoms with Crippen LogP contribution in [0.15, 0.2) is 47.1 Å². The third kappa shape index (κ3) is 6.11. The molecule has 150 valence electrons. The van der Waals surface area contributed by atoms with Crippen molar-refractivity contribution >= 4 is 39.2 Å². The van der Waals surface area contributed by atoms with Crippen LogP contribution in [0, 0.1) is 0 Å². The smallest absolute Gasteiger partial charge is 0.324 e. The highest BCUT2D eigenvalue weighted by molar-refractivity contribution is 9.10. The SMILES string of the molecule is O=C1N(CCCCCCCOc2ccc(Br)cc2)CCN1c1ccnc(Cl)c1.